The van der Waals surface area contributed by atoms with E-state index in [-0.39, 0.29) is 24.3 Å². The fourth-order valence-corrected chi connectivity index (χ4v) is 4.25. The largest absolute Gasteiger partial charge is 0.480 e. The Bertz CT molecular complexity index is 634. The molecule has 1 amide bonds. The highest BCUT2D eigenvalue weighted by atomic mass is 19.1. The maximum Gasteiger partial charge on any atom is 0.320 e. The Labute approximate surface area is 147 Å². The molecule has 1 saturated heterocycles. The fraction of sp³-hybridized carbons (Fsp3) is 0.579. The topological polar surface area (TPSA) is 60.9 Å². The Morgan fingerprint density at radius 1 is 1.24 bits per heavy atom. The van der Waals surface area contributed by atoms with Gasteiger partial charge in [0.1, 0.15) is 11.9 Å². The summed E-state index contributed by atoms with van der Waals surface area (Å²) in [5.74, 6) is -0.835. The predicted octanol–water partition coefficient (Wildman–Crippen LogP) is 2.50. The summed E-state index contributed by atoms with van der Waals surface area (Å²) in [4.78, 5) is 27.7. The van der Waals surface area contributed by atoms with Crippen molar-refractivity contribution in [2.75, 3.05) is 13.6 Å². The van der Waals surface area contributed by atoms with E-state index in [4.69, 9.17) is 0 Å². The molecular formula is C19H25FN2O3. The second-order valence-corrected chi connectivity index (χ2v) is 7.25. The third kappa shape index (κ3) is 4.00. The van der Waals surface area contributed by atoms with Gasteiger partial charge >= 0.3 is 5.97 Å². The number of likely N-dealkylation sites (N-methyl/N-ethyl adjacent to an activating group) is 1. The van der Waals surface area contributed by atoms with Crippen molar-refractivity contribution in [1.82, 2.24) is 9.80 Å². The molecule has 25 heavy (non-hydrogen) atoms. The molecule has 0 bridgehead atoms. The summed E-state index contributed by atoms with van der Waals surface area (Å²) in [6, 6.07) is 5.72. The maximum atomic E-state index is 13.0. The number of hydrogen-bond donors (Lipinski definition) is 1. The van der Waals surface area contributed by atoms with Crippen LogP contribution in [0.5, 0.6) is 0 Å². The fourth-order valence-electron chi connectivity index (χ4n) is 4.25. The van der Waals surface area contributed by atoms with Gasteiger partial charge in [0.05, 0.1) is 6.54 Å². The van der Waals surface area contributed by atoms with E-state index in [1.165, 1.54) is 12.1 Å². The minimum Gasteiger partial charge on any atom is -0.480 e. The molecule has 3 rings (SSSR count). The highest BCUT2D eigenvalue weighted by Crippen LogP contribution is 2.39. The van der Waals surface area contributed by atoms with E-state index in [0.29, 0.717) is 18.9 Å². The van der Waals surface area contributed by atoms with Gasteiger partial charge in [-0.15, -0.1) is 0 Å². The lowest BCUT2D eigenvalue weighted by atomic mass is 9.85. The van der Waals surface area contributed by atoms with Gasteiger partial charge in [-0.2, -0.15) is 0 Å². The second kappa shape index (κ2) is 7.52. The number of fused-ring (bicyclic) bond motifs is 1. The first kappa shape index (κ1) is 17.9. The Morgan fingerprint density at radius 3 is 2.60 bits per heavy atom. The van der Waals surface area contributed by atoms with Crippen molar-refractivity contribution in [2.24, 2.45) is 5.92 Å². The van der Waals surface area contributed by atoms with Crippen molar-refractivity contribution in [3.63, 3.8) is 0 Å². The maximum absolute atomic E-state index is 13.0. The summed E-state index contributed by atoms with van der Waals surface area (Å²) in [5.41, 5.74) is 0.851. The third-order valence-corrected chi connectivity index (χ3v) is 5.58. The van der Waals surface area contributed by atoms with Crippen molar-refractivity contribution < 1.29 is 19.1 Å². The average molecular weight is 348 g/mol. The Morgan fingerprint density at radius 2 is 1.92 bits per heavy atom. The Balaban J connectivity index is 1.65. The van der Waals surface area contributed by atoms with Crippen LogP contribution in [0.4, 0.5) is 4.39 Å². The molecule has 0 aromatic heterocycles. The zero-order valence-corrected chi connectivity index (χ0v) is 14.5. The van der Waals surface area contributed by atoms with Gasteiger partial charge in [-0.3, -0.25) is 14.5 Å². The summed E-state index contributed by atoms with van der Waals surface area (Å²) in [6.45, 7) is 0.522. The van der Waals surface area contributed by atoms with E-state index in [9.17, 15) is 19.1 Å². The smallest absolute Gasteiger partial charge is 0.320 e. The quantitative estimate of drug-likeness (QED) is 0.888. The Kier molecular flexibility index (Phi) is 5.37. The van der Waals surface area contributed by atoms with Crippen molar-refractivity contribution in [2.45, 2.75) is 50.7 Å². The average Bonchev–Trinajstić information content (AvgIpc) is 2.96. The van der Waals surface area contributed by atoms with Crippen LogP contribution in [0.25, 0.3) is 0 Å². The minimum atomic E-state index is -0.830. The highest BCUT2D eigenvalue weighted by Gasteiger charge is 2.45. The molecule has 2 aliphatic rings. The summed E-state index contributed by atoms with van der Waals surface area (Å²) in [7, 11) is 1.70. The number of rotatable bonds is 5. The van der Waals surface area contributed by atoms with Crippen molar-refractivity contribution in [1.29, 1.82) is 0 Å². The number of amides is 1. The number of benzene rings is 1. The molecule has 1 aromatic rings. The van der Waals surface area contributed by atoms with Crippen molar-refractivity contribution >= 4 is 11.9 Å². The van der Waals surface area contributed by atoms with Crippen molar-refractivity contribution in [3.05, 3.63) is 35.6 Å². The van der Waals surface area contributed by atoms with Gasteiger partial charge in [0.25, 0.3) is 0 Å². The zero-order chi connectivity index (χ0) is 18.0. The summed E-state index contributed by atoms with van der Waals surface area (Å²) < 4.78 is 13.0. The number of nitrogens with zero attached hydrogens (tertiary/aromatic N) is 2. The van der Waals surface area contributed by atoms with Crippen LogP contribution >= 0.6 is 0 Å². The molecule has 2 fully saturated rings. The first-order chi connectivity index (χ1) is 12.0. The first-order valence-electron chi connectivity index (χ1n) is 8.92. The lowest BCUT2D eigenvalue weighted by molar-refractivity contribution is -0.144. The molecule has 1 saturated carbocycles. The van der Waals surface area contributed by atoms with Gasteiger partial charge < -0.3 is 10.0 Å². The monoisotopic (exact) mass is 348 g/mol. The van der Waals surface area contributed by atoms with E-state index in [1.54, 1.807) is 24.1 Å². The number of hydrogen-bond acceptors (Lipinski definition) is 3. The molecule has 3 atom stereocenters. The number of aliphatic carboxylic acids is 1. The van der Waals surface area contributed by atoms with Crippen LogP contribution in [0.1, 0.15) is 37.7 Å². The molecule has 1 aliphatic carbocycles. The summed E-state index contributed by atoms with van der Waals surface area (Å²) in [5, 5.41) is 9.54. The molecule has 1 heterocycles. The molecule has 0 radical (unpaired) electrons. The van der Waals surface area contributed by atoms with E-state index in [1.807, 2.05) is 4.90 Å². The lowest BCUT2D eigenvalue weighted by Gasteiger charge is -2.33. The van der Waals surface area contributed by atoms with Gasteiger partial charge in [0.15, 0.2) is 0 Å². The third-order valence-electron chi connectivity index (χ3n) is 5.58. The summed E-state index contributed by atoms with van der Waals surface area (Å²) >= 11 is 0. The van der Waals surface area contributed by atoms with Crippen LogP contribution in [-0.2, 0) is 16.1 Å². The van der Waals surface area contributed by atoms with Crippen LogP contribution in [0, 0.1) is 11.7 Å². The van der Waals surface area contributed by atoms with Gasteiger partial charge in [0.2, 0.25) is 5.91 Å². The number of carbonyl (C=O) groups is 2. The van der Waals surface area contributed by atoms with E-state index in [0.717, 1.165) is 31.2 Å². The van der Waals surface area contributed by atoms with Crippen LogP contribution in [0.2, 0.25) is 0 Å². The highest BCUT2D eigenvalue weighted by molar-refractivity contribution is 5.80. The number of likely N-dealkylation sites (tertiary alicyclic amines) is 1. The van der Waals surface area contributed by atoms with Gasteiger partial charge in [0, 0.05) is 19.6 Å². The molecule has 1 N–H and O–H groups in total. The minimum absolute atomic E-state index is 0.0956. The number of carbonyl (C=O) groups excluding carboxylic acids is 1. The lowest BCUT2D eigenvalue weighted by Crippen LogP contribution is -2.47. The predicted molar refractivity (Wildman–Crippen MR) is 91.4 cm³/mol. The zero-order valence-electron chi connectivity index (χ0n) is 14.5. The molecule has 5 nitrogen and oxygen atoms in total. The molecule has 0 spiro atoms. The van der Waals surface area contributed by atoms with E-state index >= 15 is 0 Å². The molecule has 3 unspecified atom stereocenters. The Hall–Kier alpha value is -1.95. The van der Waals surface area contributed by atoms with Gasteiger partial charge in [-0.1, -0.05) is 25.0 Å². The number of carboxylic acids is 1. The van der Waals surface area contributed by atoms with E-state index in [2.05, 4.69) is 0 Å². The van der Waals surface area contributed by atoms with Crippen LogP contribution in [0.3, 0.4) is 0 Å². The number of halogens is 1. The second-order valence-electron chi connectivity index (χ2n) is 7.25. The van der Waals surface area contributed by atoms with Crippen molar-refractivity contribution in [3.8, 4) is 0 Å². The normalized spacial score (nSPS) is 26.2. The molecule has 1 aliphatic heterocycles. The van der Waals surface area contributed by atoms with Gasteiger partial charge in [-0.25, -0.2) is 4.39 Å². The van der Waals surface area contributed by atoms with Gasteiger partial charge in [-0.05, 0) is 42.9 Å². The number of carboxylic acid groups (broad SMARTS) is 1. The molecule has 1 aromatic carbocycles. The summed E-state index contributed by atoms with van der Waals surface area (Å²) in [6.07, 6.45) is 4.94. The standard InChI is InChI=1S/C19H25FN2O3/c1-21(11-13-6-8-15(20)9-7-13)18(23)12-22-16-5-3-2-4-14(16)10-17(22)19(24)25/h6-9,14,16-17H,2-5,10-12H2,1H3,(H,24,25). The first-order valence-corrected chi connectivity index (χ1v) is 8.92. The molecule has 6 heteroatoms. The molecule has 136 valence electrons. The van der Waals surface area contributed by atoms with E-state index < -0.39 is 12.0 Å². The van der Waals surface area contributed by atoms with Crippen LogP contribution in [0.15, 0.2) is 24.3 Å². The molecular weight excluding hydrogens is 323 g/mol. The SMILES string of the molecule is CN(Cc1ccc(F)cc1)C(=O)CN1C(C(=O)O)CC2CCCCC21. The van der Waals surface area contributed by atoms with Crippen LogP contribution in [-0.4, -0.2) is 52.5 Å². The van der Waals surface area contributed by atoms with Crippen LogP contribution < -0.4 is 0 Å².